The number of aromatic nitrogens is 2. The molecule has 3 rings (SSSR count). The van der Waals surface area contributed by atoms with Crippen LogP contribution in [-0.4, -0.2) is 52.2 Å². The highest BCUT2D eigenvalue weighted by atomic mass is 35.5. The number of amides is 1. The van der Waals surface area contributed by atoms with Crippen molar-refractivity contribution in [2.24, 2.45) is 0 Å². The van der Waals surface area contributed by atoms with Crippen LogP contribution in [0.4, 0.5) is 10.7 Å². The minimum absolute atomic E-state index is 0.0264. The average Bonchev–Trinajstić information content (AvgIpc) is 2.49. The van der Waals surface area contributed by atoms with Gasteiger partial charge in [-0.3, -0.25) is 4.79 Å². The fraction of sp³-hybridized carbons (Fsp3) is 0.643. The van der Waals surface area contributed by atoms with Crippen molar-refractivity contribution in [3.8, 4) is 0 Å². The Labute approximate surface area is 140 Å². The van der Waals surface area contributed by atoms with Gasteiger partial charge >= 0.3 is 5.37 Å². The first-order valence-electron chi connectivity index (χ1n) is 7.62. The number of fused-ring (bicyclic) bond motifs is 1. The van der Waals surface area contributed by atoms with Crippen LogP contribution in [0.3, 0.4) is 0 Å². The van der Waals surface area contributed by atoms with Gasteiger partial charge in [0.25, 0.3) is 0 Å². The number of hydrogen-bond donors (Lipinski definition) is 1. The zero-order valence-electron chi connectivity index (χ0n) is 12.8. The molecule has 2 aliphatic rings. The van der Waals surface area contributed by atoms with Crippen molar-refractivity contribution in [3.05, 3.63) is 17.5 Å². The number of sulfone groups is 1. The highest BCUT2D eigenvalue weighted by Crippen LogP contribution is 2.24. The fourth-order valence-corrected chi connectivity index (χ4v) is 4.73. The molecule has 2 aliphatic heterocycles. The Morgan fingerprint density at radius 2 is 2.09 bits per heavy atom. The number of nitrogens with one attached hydrogen (secondary N) is 1. The zero-order chi connectivity index (χ0) is 16.6. The van der Waals surface area contributed by atoms with E-state index in [1.165, 1.54) is 0 Å². The quantitative estimate of drug-likeness (QED) is 0.637. The first-order chi connectivity index (χ1) is 10.8. The summed E-state index contributed by atoms with van der Waals surface area (Å²) in [5.41, 5.74) is 1.81. The highest BCUT2D eigenvalue weighted by Gasteiger charge is 2.28. The lowest BCUT2D eigenvalue weighted by Gasteiger charge is -2.32. The predicted molar refractivity (Wildman–Crippen MR) is 87.3 cm³/mol. The van der Waals surface area contributed by atoms with Crippen LogP contribution in [-0.2, 0) is 22.8 Å². The van der Waals surface area contributed by atoms with E-state index in [4.69, 9.17) is 11.6 Å². The summed E-state index contributed by atoms with van der Waals surface area (Å²) < 4.78 is 22.9. The summed E-state index contributed by atoms with van der Waals surface area (Å²) in [7, 11) is -2.88. The third-order valence-electron chi connectivity index (χ3n) is 4.44. The molecule has 1 fully saturated rings. The summed E-state index contributed by atoms with van der Waals surface area (Å²) in [6, 6.07) is 0.0864. The Kier molecular flexibility index (Phi) is 4.46. The second kappa shape index (κ2) is 6.24. The molecule has 0 bridgehead atoms. The van der Waals surface area contributed by atoms with Crippen molar-refractivity contribution >= 4 is 32.8 Å². The average molecular weight is 359 g/mol. The minimum atomic E-state index is -2.88. The molecule has 1 atom stereocenters. The lowest BCUT2D eigenvalue weighted by atomic mass is 10.0. The number of hydrogen-bond acceptors (Lipinski definition) is 6. The second-order valence-electron chi connectivity index (χ2n) is 6.17. The lowest BCUT2D eigenvalue weighted by molar-refractivity contribution is 0.191. The van der Waals surface area contributed by atoms with Crippen LogP contribution in [0.15, 0.2) is 6.20 Å². The van der Waals surface area contributed by atoms with Crippen molar-refractivity contribution in [3.63, 3.8) is 0 Å². The van der Waals surface area contributed by atoms with Gasteiger partial charge in [0.15, 0.2) is 0 Å². The van der Waals surface area contributed by atoms with Gasteiger partial charge in [-0.05, 0) is 43.4 Å². The van der Waals surface area contributed by atoms with Gasteiger partial charge in [0.1, 0.15) is 9.84 Å². The second-order valence-corrected chi connectivity index (χ2v) is 8.80. The Morgan fingerprint density at radius 3 is 2.74 bits per heavy atom. The number of anilines is 1. The first-order valence-corrected chi connectivity index (χ1v) is 9.82. The summed E-state index contributed by atoms with van der Waals surface area (Å²) in [4.78, 5) is 21.8. The molecule has 7 nitrogen and oxygen atoms in total. The third kappa shape index (κ3) is 3.74. The number of carbonyl (C=O) groups excluding carboxylic acids is 1. The third-order valence-corrected chi connectivity index (χ3v) is 6.37. The molecular formula is C14H19ClN4O3S. The molecule has 23 heavy (non-hydrogen) atoms. The van der Waals surface area contributed by atoms with E-state index in [-0.39, 0.29) is 23.6 Å². The van der Waals surface area contributed by atoms with Crippen LogP contribution in [0.2, 0.25) is 0 Å². The molecule has 0 unspecified atom stereocenters. The molecule has 3 heterocycles. The van der Waals surface area contributed by atoms with Gasteiger partial charge in [-0.1, -0.05) is 0 Å². The van der Waals surface area contributed by atoms with Gasteiger partial charge in [0, 0.05) is 18.3 Å². The summed E-state index contributed by atoms with van der Waals surface area (Å²) in [6.07, 6.45) is 3.57. The Morgan fingerprint density at radius 1 is 1.39 bits per heavy atom. The van der Waals surface area contributed by atoms with Crippen molar-refractivity contribution in [2.75, 3.05) is 16.8 Å². The van der Waals surface area contributed by atoms with Gasteiger partial charge in [-0.15, -0.1) is 0 Å². The summed E-state index contributed by atoms with van der Waals surface area (Å²) >= 11 is 5.61. The van der Waals surface area contributed by atoms with Crippen LogP contribution in [0, 0.1) is 0 Å². The molecule has 0 saturated carbocycles. The van der Waals surface area contributed by atoms with Crippen LogP contribution < -0.4 is 5.32 Å². The van der Waals surface area contributed by atoms with Crippen molar-refractivity contribution in [1.29, 1.82) is 0 Å². The maximum Gasteiger partial charge on any atom is 0.316 e. The molecule has 9 heteroatoms. The molecule has 1 saturated heterocycles. The molecule has 0 aromatic carbocycles. The largest absolute Gasteiger partial charge is 0.351 e. The van der Waals surface area contributed by atoms with E-state index in [2.05, 4.69) is 15.3 Å². The van der Waals surface area contributed by atoms with Crippen molar-refractivity contribution in [2.45, 2.75) is 44.8 Å². The van der Waals surface area contributed by atoms with Gasteiger partial charge in [0.05, 0.1) is 23.7 Å². The number of rotatable bonds is 2. The topological polar surface area (TPSA) is 92.3 Å². The Bertz CT molecular complexity index is 711. The van der Waals surface area contributed by atoms with Crippen molar-refractivity contribution in [1.82, 2.24) is 14.9 Å². The highest BCUT2D eigenvalue weighted by molar-refractivity contribution is 7.91. The van der Waals surface area contributed by atoms with Crippen LogP contribution >= 0.6 is 11.6 Å². The van der Waals surface area contributed by atoms with E-state index in [0.717, 1.165) is 11.3 Å². The molecule has 0 spiro atoms. The molecule has 126 valence electrons. The summed E-state index contributed by atoms with van der Waals surface area (Å²) in [6.45, 7) is 2.31. The maximum absolute atomic E-state index is 11.5. The van der Waals surface area contributed by atoms with Gasteiger partial charge in [-0.2, -0.15) is 0 Å². The monoisotopic (exact) mass is 358 g/mol. The molecule has 0 aliphatic carbocycles. The molecule has 1 amide bonds. The van der Waals surface area contributed by atoms with Crippen LogP contribution in [0.1, 0.15) is 31.0 Å². The maximum atomic E-state index is 11.5. The fourth-order valence-electron chi connectivity index (χ4n) is 3.02. The summed E-state index contributed by atoms with van der Waals surface area (Å²) in [5.74, 6) is 0.869. The van der Waals surface area contributed by atoms with E-state index in [1.54, 1.807) is 11.1 Å². The van der Waals surface area contributed by atoms with Gasteiger partial charge < -0.3 is 10.2 Å². The van der Waals surface area contributed by atoms with E-state index in [9.17, 15) is 13.2 Å². The number of nitrogens with zero attached hydrogens (tertiary/aromatic N) is 3. The van der Waals surface area contributed by atoms with Gasteiger partial charge in [-0.25, -0.2) is 18.4 Å². The number of carbonyl (C=O) groups is 1. The van der Waals surface area contributed by atoms with Gasteiger partial charge in [0.2, 0.25) is 5.95 Å². The number of halogens is 1. The molecule has 1 aromatic rings. The Balaban J connectivity index is 1.72. The molecule has 0 radical (unpaired) electrons. The smallest absolute Gasteiger partial charge is 0.316 e. The van der Waals surface area contributed by atoms with E-state index in [0.29, 0.717) is 31.8 Å². The molecule has 1 N–H and O–H groups in total. The lowest BCUT2D eigenvalue weighted by Crippen LogP contribution is -2.40. The predicted octanol–water partition coefficient (Wildman–Crippen LogP) is 1.57. The van der Waals surface area contributed by atoms with E-state index in [1.807, 2.05) is 6.92 Å². The zero-order valence-corrected chi connectivity index (χ0v) is 14.4. The minimum Gasteiger partial charge on any atom is -0.351 e. The van der Waals surface area contributed by atoms with Crippen LogP contribution in [0.25, 0.3) is 0 Å². The Hall–Kier alpha value is -1.41. The standard InChI is InChI=1S/C14H19ClN4O3S/c1-9-6-10-7-16-14(18-12(10)8-19(9)13(15)20)17-11-2-4-23(21,22)5-3-11/h7,9,11H,2-6,8H2,1H3,(H,16,17,18)/t9-/m1/s1. The van der Waals surface area contributed by atoms with Crippen molar-refractivity contribution < 1.29 is 13.2 Å². The molecular weight excluding hydrogens is 340 g/mol. The van der Waals surface area contributed by atoms with Crippen LogP contribution in [0.5, 0.6) is 0 Å². The van der Waals surface area contributed by atoms with E-state index >= 15 is 0 Å². The summed E-state index contributed by atoms with van der Waals surface area (Å²) in [5, 5.41) is 2.72. The van der Waals surface area contributed by atoms with E-state index < -0.39 is 15.2 Å². The molecule has 1 aromatic heterocycles. The first kappa shape index (κ1) is 16.4. The normalized spacial score (nSPS) is 24.1. The SMILES string of the molecule is C[C@@H]1Cc2cnc(NC3CCS(=O)(=O)CC3)nc2CN1C(=O)Cl.